The molecule has 0 amide bonds. The molecule has 6 nitrogen and oxygen atoms in total. The fourth-order valence-corrected chi connectivity index (χ4v) is 5.28. The van der Waals surface area contributed by atoms with Crippen molar-refractivity contribution in [2.75, 3.05) is 20.2 Å². The summed E-state index contributed by atoms with van der Waals surface area (Å²) in [6.45, 7) is 2.85. The number of aryl methyl sites for hydroxylation is 1. The third kappa shape index (κ3) is 3.78. The minimum atomic E-state index is 0.490. The van der Waals surface area contributed by atoms with Gasteiger partial charge in [0.15, 0.2) is 0 Å². The average Bonchev–Trinajstić information content (AvgIpc) is 3.45. The molecule has 0 aliphatic carbocycles. The van der Waals surface area contributed by atoms with E-state index in [1.165, 1.54) is 36.1 Å². The van der Waals surface area contributed by atoms with Crippen LogP contribution in [-0.4, -0.2) is 50.9 Å². The zero-order valence-electron chi connectivity index (χ0n) is 19.1. The normalized spacial score (nSPS) is 18.5. The molecule has 3 aromatic heterocycles. The van der Waals surface area contributed by atoms with E-state index >= 15 is 0 Å². The molecule has 1 fully saturated rings. The lowest BCUT2D eigenvalue weighted by atomic mass is 9.96. The molecule has 0 N–H and O–H groups in total. The van der Waals surface area contributed by atoms with Crippen LogP contribution >= 0.6 is 0 Å². The van der Waals surface area contributed by atoms with Gasteiger partial charge in [0, 0.05) is 47.7 Å². The highest BCUT2D eigenvalue weighted by atomic mass is 16.5. The molecule has 1 saturated heterocycles. The van der Waals surface area contributed by atoms with Gasteiger partial charge in [-0.25, -0.2) is 0 Å². The lowest BCUT2D eigenvalue weighted by Gasteiger charge is -2.32. The highest BCUT2D eigenvalue weighted by Crippen LogP contribution is 2.40. The minimum absolute atomic E-state index is 0.490. The lowest BCUT2D eigenvalue weighted by molar-refractivity contribution is 0.125. The molecule has 2 aliphatic rings. The first kappa shape index (κ1) is 20.4. The molecule has 6 heteroatoms. The molecule has 0 bridgehead atoms. The van der Waals surface area contributed by atoms with Gasteiger partial charge in [-0.05, 0) is 75.2 Å². The Bertz CT molecular complexity index is 1280. The first-order chi connectivity index (χ1) is 16.3. The maximum Gasteiger partial charge on any atom is 0.121 e. The Balaban J connectivity index is 1.37. The van der Waals surface area contributed by atoms with Crippen LogP contribution in [0.4, 0.5) is 0 Å². The fourth-order valence-electron chi connectivity index (χ4n) is 5.28. The van der Waals surface area contributed by atoms with Crippen LogP contribution in [0.3, 0.4) is 0 Å². The third-order valence-electron chi connectivity index (χ3n) is 7.10. The summed E-state index contributed by atoms with van der Waals surface area (Å²) in [7, 11) is 2.20. The van der Waals surface area contributed by atoms with E-state index in [1.54, 1.807) is 0 Å². The highest BCUT2D eigenvalue weighted by Gasteiger charge is 2.25. The van der Waals surface area contributed by atoms with Crippen molar-refractivity contribution in [3.8, 4) is 28.3 Å². The second-order valence-electron chi connectivity index (χ2n) is 9.19. The number of likely N-dealkylation sites (N-methyl/N-ethyl adjacent to an activating group) is 1. The van der Waals surface area contributed by atoms with Crippen LogP contribution in [0.1, 0.15) is 31.4 Å². The molecule has 168 valence electrons. The molecule has 1 aromatic carbocycles. The van der Waals surface area contributed by atoms with Gasteiger partial charge in [0.1, 0.15) is 18.1 Å². The molecule has 1 unspecified atom stereocenters. The number of piperidine rings is 1. The molecule has 0 saturated carbocycles. The van der Waals surface area contributed by atoms with Crippen molar-refractivity contribution in [3.63, 3.8) is 0 Å². The number of nitrogens with zero attached hydrogens (tertiary/aromatic N) is 5. The topological polar surface area (TPSA) is 56.1 Å². The number of aromatic nitrogens is 4. The zero-order chi connectivity index (χ0) is 22.2. The molecular weight excluding hydrogens is 410 g/mol. The number of hydrogen-bond donors (Lipinski definition) is 0. The van der Waals surface area contributed by atoms with Gasteiger partial charge in [0.25, 0.3) is 0 Å². The van der Waals surface area contributed by atoms with Crippen LogP contribution in [0, 0.1) is 0 Å². The van der Waals surface area contributed by atoms with Crippen LogP contribution in [-0.2, 0) is 13.0 Å². The van der Waals surface area contributed by atoms with Crippen molar-refractivity contribution in [1.82, 2.24) is 24.6 Å². The molecule has 2 aliphatic heterocycles. The summed E-state index contributed by atoms with van der Waals surface area (Å²) in [6, 6.07) is 14.9. The number of hydrogen-bond acceptors (Lipinski definition) is 5. The Kier molecular flexibility index (Phi) is 5.30. The number of pyridine rings is 2. The summed E-state index contributed by atoms with van der Waals surface area (Å²) in [5.74, 6) is 0.885. The zero-order valence-corrected chi connectivity index (χ0v) is 19.1. The summed E-state index contributed by atoms with van der Waals surface area (Å²) < 4.78 is 8.37. The molecule has 1 atom stereocenters. The van der Waals surface area contributed by atoms with Crippen LogP contribution in [0.15, 0.2) is 54.9 Å². The summed E-state index contributed by atoms with van der Waals surface area (Å²) in [5, 5.41) is 6.08. The van der Waals surface area contributed by atoms with Crippen LogP contribution in [0.25, 0.3) is 33.4 Å². The second kappa shape index (κ2) is 8.60. The van der Waals surface area contributed by atoms with Crippen molar-refractivity contribution in [1.29, 1.82) is 0 Å². The highest BCUT2D eigenvalue weighted by molar-refractivity contribution is 5.99. The summed E-state index contributed by atoms with van der Waals surface area (Å²) in [5.41, 5.74) is 6.48. The van der Waals surface area contributed by atoms with E-state index in [1.807, 2.05) is 30.6 Å². The number of benzene rings is 1. The van der Waals surface area contributed by atoms with Gasteiger partial charge < -0.3 is 9.64 Å². The minimum Gasteiger partial charge on any atom is -0.492 e. The van der Waals surface area contributed by atoms with E-state index in [9.17, 15) is 0 Å². The van der Waals surface area contributed by atoms with Crippen molar-refractivity contribution in [3.05, 3.63) is 60.6 Å². The van der Waals surface area contributed by atoms with Crippen molar-refractivity contribution in [2.24, 2.45) is 0 Å². The maximum absolute atomic E-state index is 6.21. The smallest absolute Gasteiger partial charge is 0.121 e. The number of fused-ring (bicyclic) bond motifs is 2. The summed E-state index contributed by atoms with van der Waals surface area (Å²) >= 11 is 0. The quantitative estimate of drug-likeness (QED) is 0.439. The van der Waals surface area contributed by atoms with Gasteiger partial charge in [-0.2, -0.15) is 5.10 Å². The van der Waals surface area contributed by atoms with Crippen LogP contribution in [0.2, 0.25) is 0 Å². The van der Waals surface area contributed by atoms with Crippen molar-refractivity contribution >= 4 is 10.9 Å². The second-order valence-corrected chi connectivity index (χ2v) is 9.19. The molecular formula is C27H29N5O. The standard InChI is InChI=1S/C27H29N5O/c1-31-15-5-3-7-19(31)18-33-20-10-11-21-22(12-14-29-24(21)17-20)26-25-9-6-16-32(25)30-27(26)23-8-2-4-13-28-23/h2,4,8,10-14,17,19H,3,5-7,9,15-16,18H2,1H3. The van der Waals surface area contributed by atoms with Crippen LogP contribution < -0.4 is 4.74 Å². The van der Waals surface area contributed by atoms with Gasteiger partial charge in [-0.15, -0.1) is 0 Å². The Morgan fingerprint density at radius 1 is 1.00 bits per heavy atom. The monoisotopic (exact) mass is 439 g/mol. The third-order valence-corrected chi connectivity index (χ3v) is 7.10. The molecule has 0 radical (unpaired) electrons. The Hall–Kier alpha value is -3.25. The average molecular weight is 440 g/mol. The van der Waals surface area contributed by atoms with E-state index in [4.69, 9.17) is 9.84 Å². The van der Waals surface area contributed by atoms with E-state index in [-0.39, 0.29) is 0 Å². The SMILES string of the molecule is CN1CCCCC1COc1ccc2c(-c3c(-c4ccccn4)nn4c3CCC4)ccnc2c1. The predicted molar refractivity (Wildman–Crippen MR) is 130 cm³/mol. The fraction of sp³-hybridized carbons (Fsp3) is 0.370. The first-order valence-electron chi connectivity index (χ1n) is 12.0. The maximum atomic E-state index is 6.21. The van der Waals surface area contributed by atoms with Gasteiger partial charge in [0.2, 0.25) is 0 Å². The summed E-state index contributed by atoms with van der Waals surface area (Å²) in [6.07, 6.45) is 9.68. The van der Waals surface area contributed by atoms with Crippen molar-refractivity contribution in [2.45, 2.75) is 44.7 Å². The number of likely N-dealkylation sites (tertiary alicyclic amines) is 1. The Morgan fingerprint density at radius 2 is 1.97 bits per heavy atom. The Labute approximate surface area is 194 Å². The number of ether oxygens (including phenoxy) is 1. The molecule has 0 spiro atoms. The largest absolute Gasteiger partial charge is 0.492 e. The Morgan fingerprint density at radius 3 is 2.85 bits per heavy atom. The lowest BCUT2D eigenvalue weighted by Crippen LogP contribution is -2.40. The predicted octanol–water partition coefficient (Wildman–Crippen LogP) is 4.97. The first-order valence-corrected chi connectivity index (χ1v) is 12.0. The van der Waals surface area contributed by atoms with E-state index in [0.717, 1.165) is 60.6 Å². The van der Waals surface area contributed by atoms with Gasteiger partial charge in [0.05, 0.1) is 11.2 Å². The van der Waals surface area contributed by atoms with E-state index < -0.39 is 0 Å². The van der Waals surface area contributed by atoms with Gasteiger partial charge >= 0.3 is 0 Å². The molecule has 33 heavy (non-hydrogen) atoms. The summed E-state index contributed by atoms with van der Waals surface area (Å²) in [4.78, 5) is 11.7. The molecule has 5 heterocycles. The molecule has 4 aromatic rings. The molecule has 6 rings (SSSR count). The number of rotatable bonds is 5. The van der Waals surface area contributed by atoms with Crippen molar-refractivity contribution < 1.29 is 4.74 Å². The van der Waals surface area contributed by atoms with Gasteiger partial charge in [-0.3, -0.25) is 14.6 Å². The van der Waals surface area contributed by atoms with E-state index in [0.29, 0.717) is 6.04 Å². The van der Waals surface area contributed by atoms with Gasteiger partial charge in [-0.1, -0.05) is 12.5 Å². The van der Waals surface area contributed by atoms with E-state index in [2.05, 4.69) is 50.9 Å². The van der Waals surface area contributed by atoms with Crippen LogP contribution in [0.5, 0.6) is 5.75 Å².